The highest BCUT2D eigenvalue weighted by atomic mass is 16.4. The van der Waals surface area contributed by atoms with Gasteiger partial charge in [0.05, 0.1) is 27.8 Å². The van der Waals surface area contributed by atoms with Crippen LogP contribution in [-0.2, 0) is 48.1 Å². The predicted molar refractivity (Wildman–Crippen MR) is 508 cm³/mol. The third-order valence-corrected chi connectivity index (χ3v) is 24.2. The molecule has 15 nitrogen and oxygen atoms in total. The fourth-order valence-electron chi connectivity index (χ4n) is 17.6. The van der Waals surface area contributed by atoms with Gasteiger partial charge >= 0.3 is 0 Å². The summed E-state index contributed by atoms with van der Waals surface area (Å²) < 4.78 is 157. The second-order valence-corrected chi connectivity index (χ2v) is 33.8. The van der Waals surface area contributed by atoms with Crippen molar-refractivity contribution in [3.8, 4) is 56.3 Å². The van der Waals surface area contributed by atoms with Crippen molar-refractivity contribution in [2.45, 2.75) is 165 Å². The Labute approximate surface area is 756 Å². The lowest BCUT2D eigenvalue weighted by molar-refractivity contribution is -0.660. The second-order valence-electron chi connectivity index (χ2n) is 33.8. The molecule has 0 N–H and O–H groups in total. The molecular weight excluding hydrogens is 1550 g/mol. The first-order chi connectivity index (χ1) is 66.3. The molecule has 2 saturated carbocycles. The molecule has 5 aromatic carbocycles. The van der Waals surface area contributed by atoms with Gasteiger partial charge in [-0.25, -0.2) is 47.8 Å². The van der Waals surface area contributed by atoms with Crippen molar-refractivity contribution in [1.82, 2.24) is 24.9 Å². The van der Waals surface area contributed by atoms with E-state index in [-0.39, 0.29) is 25.0 Å². The summed E-state index contributed by atoms with van der Waals surface area (Å²) in [6, 6.07) is 66.4. The summed E-state index contributed by atoms with van der Waals surface area (Å²) in [5.41, 5.74) is 26.2. The molecule has 15 heteroatoms. The molecule has 1 atom stereocenters. The van der Waals surface area contributed by atoms with Gasteiger partial charge in [-0.15, -0.1) is 0 Å². The fourth-order valence-corrected chi connectivity index (χ4v) is 17.6. The molecule has 15 aromatic heterocycles. The van der Waals surface area contributed by atoms with Crippen LogP contribution in [0.1, 0.15) is 184 Å². The highest BCUT2D eigenvalue weighted by Gasteiger charge is 2.30. The minimum absolute atomic E-state index is 0.0716. The summed E-state index contributed by atoms with van der Waals surface area (Å²) in [6.45, 7) is 14.6. The number of hydrogen-bond donors (Lipinski definition) is 0. The average Bonchev–Trinajstić information content (AvgIpc) is 1.21. The molecule has 0 radical (unpaired) electrons. The van der Waals surface area contributed by atoms with Crippen LogP contribution in [0, 0.1) is 60.8 Å². The molecule has 22 rings (SSSR count). The Hall–Kier alpha value is -13.4. The molecule has 632 valence electrons. The smallest absolute Gasteiger partial charge is 0.227 e. The van der Waals surface area contributed by atoms with Gasteiger partial charge in [0.2, 0.25) is 57.0 Å². The molecule has 15 heterocycles. The van der Waals surface area contributed by atoms with E-state index in [2.05, 4.69) is 192 Å². The summed E-state index contributed by atoms with van der Waals surface area (Å²) in [4.78, 5) is 22.9. The standard InChI is InChI=1S/C24H25N2O.C23H23N2O.C23H25N2O.C21H21N2O.C20H19N2O/c1-16-11-12-18-19-13-14-20(17-8-4-3-5-9-17)25-24(19)27-23(18)22(16)21-10-6-7-15-26(21)2;1-15-10-11-17-18-12-13-19(16-7-3-4-8-16)24-23(18)26-22(17)21(15)20-9-5-6-14-25(20)2;1-15-9-11-17-18-12-10-16(14-23(2,3)4)24-22(18)26-21(17)20(15)19-8-6-7-13-25(19)5;1-5-15-7-9-17-16-8-6-14(3)19(20(16)24-21(17)22-15)18-12-13(2)10-11-23(18)4;1-12-9-10-22(4)17(11-12)18-13(2)5-7-15-16-8-6-14(3)21-20(16)23-19(15)18/h6-7,10-15,17H,3-5,8-9H2,1-2H3;5-6,9-14,16H,3-4,7-8H2,1-2H3;6-13H,14H2,1-5H3;6-12H,5H2,1-4H3;5-11H,1-4H3/q5*+1/i8D2,9D2,17D;7D2,16D;2D3,3D3;;. The second kappa shape index (κ2) is 34.6. The van der Waals surface area contributed by atoms with Crippen molar-refractivity contribution in [2.75, 3.05) is 0 Å². The molecule has 2 aliphatic carbocycles. The summed E-state index contributed by atoms with van der Waals surface area (Å²) in [6.07, 6.45) is 7.40. The van der Waals surface area contributed by atoms with Crippen LogP contribution < -0.4 is 22.8 Å². The number of benzene rings is 5. The van der Waals surface area contributed by atoms with Gasteiger partial charge in [-0.05, 0) is 217 Å². The Morgan fingerprint density at radius 3 is 1.05 bits per heavy atom. The first kappa shape index (κ1) is 68.0. The lowest BCUT2D eigenvalue weighted by atomic mass is 9.86. The quantitative estimate of drug-likeness (QED) is 0.128. The zero-order valence-corrected chi connectivity index (χ0v) is 74.1. The van der Waals surface area contributed by atoms with Crippen LogP contribution in [0.2, 0.25) is 0 Å². The van der Waals surface area contributed by atoms with Crippen molar-refractivity contribution < 1.29 is 64.1 Å². The summed E-state index contributed by atoms with van der Waals surface area (Å²) in [5.74, 6) is -3.44. The molecule has 0 saturated heterocycles. The van der Waals surface area contributed by atoms with E-state index in [4.69, 9.17) is 41.3 Å². The maximum atomic E-state index is 8.96. The number of nitrogens with zero attached hydrogens (tertiary/aromatic N) is 10. The topological polar surface area (TPSA) is 150 Å². The summed E-state index contributed by atoms with van der Waals surface area (Å²) in [5, 5.41) is 9.63. The number of fused-ring (bicyclic) bond motifs is 15. The normalized spacial score (nSPS) is 17.6. The summed E-state index contributed by atoms with van der Waals surface area (Å²) in [7, 11) is 10.1. The molecule has 126 heavy (non-hydrogen) atoms. The van der Waals surface area contributed by atoms with Gasteiger partial charge in [0, 0.05) is 174 Å². The Morgan fingerprint density at radius 2 is 0.667 bits per heavy atom. The van der Waals surface area contributed by atoms with Crippen molar-refractivity contribution in [3.05, 3.63) is 299 Å². The van der Waals surface area contributed by atoms with Crippen LogP contribution in [0.3, 0.4) is 0 Å². The van der Waals surface area contributed by atoms with Crippen LogP contribution in [0.15, 0.2) is 253 Å². The van der Waals surface area contributed by atoms with E-state index in [1.807, 2.05) is 161 Å². The highest BCUT2D eigenvalue weighted by Crippen LogP contribution is 2.45. The SMILES string of the molecule is CCc1ccc2c(n1)oc1c(-c3cc(C)cc[n+]3C)c(C)ccc12.Cc1cc[n+](C)c(-c2c(C)ccc3c2oc2nc(C)ccc23)c1.[2H]C([2H])([2H])C(C)(Cc1ccc2c(n1)oc1c(-c3cccc[n+]3C)c(C)ccc12)C([2H])([2H])[2H].[2H]C1([2H])CCCC([2H])([2H])C1([2H])c1ccc2c(n1)oc1c(-c3cccc[n+]3C)c(C)ccc12.[2H]C1([2H])CCCC1([2H])c1ccc2c(n1)oc1c(-c3cccc[n+]3C)c(C)ccc12. The number of aromatic nitrogens is 10. The van der Waals surface area contributed by atoms with Crippen molar-refractivity contribution >= 4 is 110 Å². The van der Waals surface area contributed by atoms with Gasteiger partial charge in [0.15, 0.2) is 58.9 Å². The fraction of sp³-hybridized carbons (Fsp3) is 0.279. The Morgan fingerprint density at radius 1 is 0.341 bits per heavy atom. The molecule has 2 fully saturated rings. The van der Waals surface area contributed by atoms with Crippen LogP contribution in [0.5, 0.6) is 0 Å². The van der Waals surface area contributed by atoms with Crippen LogP contribution >= 0.6 is 0 Å². The van der Waals surface area contributed by atoms with E-state index < -0.39 is 50.0 Å². The largest absolute Gasteiger partial charge is 0.437 e. The average molecular weight is 1680 g/mol. The first-order valence-electron chi connectivity index (χ1n) is 50.2. The van der Waals surface area contributed by atoms with Gasteiger partial charge in [-0.3, -0.25) is 0 Å². The third-order valence-electron chi connectivity index (χ3n) is 24.2. The van der Waals surface area contributed by atoms with Crippen LogP contribution in [0.25, 0.3) is 167 Å². The molecule has 20 aromatic rings. The Kier molecular flexibility index (Phi) is 18.7. The zero-order valence-electron chi connectivity index (χ0n) is 88.1. The van der Waals surface area contributed by atoms with Crippen molar-refractivity contribution in [1.29, 1.82) is 0 Å². The molecule has 0 spiro atoms. The van der Waals surface area contributed by atoms with Gasteiger partial charge in [-0.2, -0.15) is 0 Å². The van der Waals surface area contributed by atoms with Crippen LogP contribution in [0.4, 0.5) is 0 Å². The molecule has 1 unspecified atom stereocenters. The van der Waals surface area contributed by atoms with Crippen molar-refractivity contribution in [2.24, 2.45) is 40.7 Å². The number of pyridine rings is 10. The summed E-state index contributed by atoms with van der Waals surface area (Å²) >= 11 is 0. The number of aryl methyl sites for hydroxylation is 14. The van der Waals surface area contributed by atoms with E-state index in [0.29, 0.717) is 71.1 Å². The molecule has 0 aliphatic heterocycles. The highest BCUT2D eigenvalue weighted by molar-refractivity contribution is 6.13. The Balaban J connectivity index is 0.000000116. The van der Waals surface area contributed by atoms with E-state index in [9.17, 15) is 0 Å². The number of hydrogen-bond acceptors (Lipinski definition) is 10. The van der Waals surface area contributed by atoms with Gasteiger partial charge in [-0.1, -0.05) is 120 Å². The maximum Gasteiger partial charge on any atom is 0.227 e. The number of rotatable bonds is 9. The minimum atomic E-state index is -2.67. The lowest BCUT2D eigenvalue weighted by Crippen LogP contribution is -2.30. The molecule has 0 bridgehead atoms. The third kappa shape index (κ3) is 16.3. The first-order valence-corrected chi connectivity index (χ1v) is 43.2. The maximum absolute atomic E-state index is 8.96. The minimum Gasteiger partial charge on any atom is -0.437 e. The van der Waals surface area contributed by atoms with E-state index in [0.717, 1.165) is 167 Å². The lowest BCUT2D eigenvalue weighted by Gasteiger charge is -2.20. The van der Waals surface area contributed by atoms with Gasteiger partial charge in [0.1, 0.15) is 35.2 Å². The van der Waals surface area contributed by atoms with Gasteiger partial charge in [0.25, 0.3) is 0 Å². The zero-order chi connectivity index (χ0) is 99.7. The molecule has 2 aliphatic rings. The van der Waals surface area contributed by atoms with E-state index in [1.54, 1.807) is 24.3 Å². The predicted octanol–water partition coefficient (Wildman–Crippen LogP) is 25.7. The molecular formula is C111H113N10O5+5. The monoisotopic (exact) mass is 1680 g/mol. The van der Waals surface area contributed by atoms with Crippen molar-refractivity contribution in [3.63, 3.8) is 0 Å². The van der Waals surface area contributed by atoms with Crippen LogP contribution in [-0.4, -0.2) is 24.9 Å². The van der Waals surface area contributed by atoms with Gasteiger partial charge < -0.3 is 22.1 Å². The van der Waals surface area contributed by atoms with E-state index >= 15 is 0 Å². The van der Waals surface area contributed by atoms with E-state index in [1.165, 1.54) is 29.2 Å². The molecule has 0 amide bonds. The Bertz CT molecular complexity index is 8290. The number of furan rings is 5.